The minimum atomic E-state index is -3.64. The Bertz CT molecular complexity index is 844. The summed E-state index contributed by atoms with van der Waals surface area (Å²) >= 11 is 6.19. The van der Waals surface area contributed by atoms with Crippen molar-refractivity contribution in [1.82, 2.24) is 4.31 Å². The second-order valence-electron chi connectivity index (χ2n) is 9.01. The molecule has 0 N–H and O–H groups in total. The first-order valence-corrected chi connectivity index (χ1v) is 12.3. The predicted octanol–water partition coefficient (Wildman–Crippen LogP) is 4.10. The van der Waals surface area contributed by atoms with E-state index in [2.05, 4.69) is 0 Å². The number of hydrogen-bond donors (Lipinski definition) is 0. The van der Waals surface area contributed by atoms with Crippen LogP contribution in [0, 0.1) is 17.3 Å². The van der Waals surface area contributed by atoms with E-state index in [0.717, 1.165) is 51.7 Å². The van der Waals surface area contributed by atoms with E-state index in [1.807, 2.05) is 0 Å². The summed E-state index contributed by atoms with van der Waals surface area (Å²) in [5.41, 5.74) is 0.0953. The Balaban J connectivity index is 1.42. The van der Waals surface area contributed by atoms with Gasteiger partial charge in [0, 0.05) is 36.2 Å². The van der Waals surface area contributed by atoms with E-state index in [1.165, 1.54) is 6.42 Å². The first-order chi connectivity index (χ1) is 13.5. The molecule has 2 heterocycles. The lowest BCUT2D eigenvalue weighted by Gasteiger charge is -2.58. The van der Waals surface area contributed by atoms with Crippen molar-refractivity contribution in [2.45, 2.75) is 55.9 Å². The van der Waals surface area contributed by atoms with E-state index in [-0.39, 0.29) is 16.4 Å². The van der Waals surface area contributed by atoms with Crippen LogP contribution in [0.2, 0.25) is 5.02 Å². The molecule has 4 fully saturated rings. The van der Waals surface area contributed by atoms with Crippen LogP contribution in [0.1, 0.15) is 44.9 Å². The number of nitrogens with zero attached hydrogens (tertiary/aromatic N) is 1. The van der Waals surface area contributed by atoms with Gasteiger partial charge in [-0.3, -0.25) is 0 Å². The zero-order valence-electron chi connectivity index (χ0n) is 16.1. The van der Waals surface area contributed by atoms with E-state index in [4.69, 9.17) is 21.1 Å². The highest BCUT2D eigenvalue weighted by atomic mass is 35.5. The second-order valence-corrected chi connectivity index (χ2v) is 11.3. The summed E-state index contributed by atoms with van der Waals surface area (Å²) in [7, 11) is -3.64. The molecule has 0 bridgehead atoms. The number of rotatable bonds is 6. The molecule has 28 heavy (non-hydrogen) atoms. The van der Waals surface area contributed by atoms with Crippen molar-refractivity contribution >= 4 is 21.6 Å². The van der Waals surface area contributed by atoms with E-state index < -0.39 is 10.0 Å². The SMILES string of the molecule is O=S(=O)(c1cc(Cl)ccc1OCC1CCC1)N1CC2(CCOCC2)C1C1CC1. The van der Waals surface area contributed by atoms with Crippen LogP contribution >= 0.6 is 11.6 Å². The average molecular weight is 426 g/mol. The van der Waals surface area contributed by atoms with Crippen LogP contribution in [0.4, 0.5) is 0 Å². The highest BCUT2D eigenvalue weighted by Crippen LogP contribution is 2.56. The van der Waals surface area contributed by atoms with Gasteiger partial charge in [0.15, 0.2) is 0 Å². The first kappa shape index (κ1) is 19.2. The maximum Gasteiger partial charge on any atom is 0.247 e. The van der Waals surface area contributed by atoms with Crippen molar-refractivity contribution in [3.8, 4) is 5.75 Å². The molecule has 2 aliphatic heterocycles. The Labute approximate surface area is 172 Å². The fourth-order valence-electron chi connectivity index (χ4n) is 5.10. The van der Waals surface area contributed by atoms with Gasteiger partial charge in [-0.25, -0.2) is 8.42 Å². The van der Waals surface area contributed by atoms with Gasteiger partial charge in [0.25, 0.3) is 0 Å². The molecule has 1 aromatic carbocycles. The van der Waals surface area contributed by atoms with Crippen molar-refractivity contribution in [1.29, 1.82) is 0 Å². The maximum atomic E-state index is 13.6. The lowest BCUT2D eigenvalue weighted by atomic mass is 9.66. The average Bonchev–Trinajstić information content (AvgIpc) is 3.45. The number of benzene rings is 1. The van der Waals surface area contributed by atoms with Crippen LogP contribution in [0.15, 0.2) is 23.1 Å². The summed E-state index contributed by atoms with van der Waals surface area (Å²) in [6.45, 7) is 2.65. The lowest BCUT2D eigenvalue weighted by Crippen LogP contribution is -2.68. The number of sulfonamides is 1. The highest BCUT2D eigenvalue weighted by Gasteiger charge is 2.61. The Hall–Kier alpha value is -0.820. The molecule has 5 rings (SSSR count). The van der Waals surface area contributed by atoms with Gasteiger partial charge in [-0.15, -0.1) is 0 Å². The van der Waals surface area contributed by atoms with Gasteiger partial charge < -0.3 is 9.47 Å². The number of ether oxygens (including phenoxy) is 2. The normalized spacial score (nSPS) is 28.0. The van der Waals surface area contributed by atoms with Crippen LogP contribution < -0.4 is 4.74 Å². The summed E-state index contributed by atoms with van der Waals surface area (Å²) in [6, 6.07) is 5.08. The summed E-state index contributed by atoms with van der Waals surface area (Å²) in [6.07, 6.45) is 7.73. The van der Waals surface area contributed by atoms with Crippen molar-refractivity contribution < 1.29 is 17.9 Å². The van der Waals surface area contributed by atoms with Gasteiger partial charge in [0.2, 0.25) is 10.0 Å². The largest absolute Gasteiger partial charge is 0.492 e. The third-order valence-corrected chi connectivity index (χ3v) is 9.24. The molecular formula is C21H28ClNO4S. The Morgan fingerprint density at radius 3 is 2.57 bits per heavy atom. The van der Waals surface area contributed by atoms with Crippen LogP contribution in [0.3, 0.4) is 0 Å². The van der Waals surface area contributed by atoms with Crippen molar-refractivity contribution in [3.05, 3.63) is 23.2 Å². The summed E-state index contributed by atoms with van der Waals surface area (Å²) in [5, 5.41) is 0.429. The standard InChI is InChI=1S/C21H28ClNO4S/c22-17-6-7-18(27-13-15-2-1-3-15)19(12-17)28(24,25)23-14-21(8-10-26-11-9-21)20(23)16-4-5-16/h6-7,12,15-16,20H,1-5,8-11,13-14H2. The predicted molar refractivity (Wildman–Crippen MR) is 107 cm³/mol. The Morgan fingerprint density at radius 1 is 1.18 bits per heavy atom. The number of halogens is 1. The molecule has 5 nitrogen and oxygen atoms in total. The minimum Gasteiger partial charge on any atom is -0.492 e. The molecule has 2 aliphatic carbocycles. The van der Waals surface area contributed by atoms with Crippen LogP contribution in [-0.4, -0.2) is 45.1 Å². The monoisotopic (exact) mass is 425 g/mol. The first-order valence-electron chi connectivity index (χ1n) is 10.5. The van der Waals surface area contributed by atoms with Gasteiger partial charge in [0.05, 0.1) is 6.61 Å². The molecule has 1 spiro atoms. The smallest absolute Gasteiger partial charge is 0.247 e. The van der Waals surface area contributed by atoms with E-state index in [9.17, 15) is 8.42 Å². The second kappa shape index (κ2) is 7.15. The van der Waals surface area contributed by atoms with Crippen LogP contribution in [-0.2, 0) is 14.8 Å². The van der Waals surface area contributed by atoms with E-state index >= 15 is 0 Å². The third-order valence-electron chi connectivity index (χ3n) is 7.16. The molecule has 1 unspecified atom stereocenters. The van der Waals surface area contributed by atoms with E-state index in [1.54, 1.807) is 22.5 Å². The minimum absolute atomic E-state index is 0.0953. The Kier molecular flexibility index (Phi) is 4.89. The summed E-state index contributed by atoms with van der Waals surface area (Å²) < 4.78 is 40.5. The van der Waals surface area contributed by atoms with Crippen molar-refractivity contribution in [2.24, 2.45) is 17.3 Å². The van der Waals surface area contributed by atoms with Crippen molar-refractivity contribution in [2.75, 3.05) is 26.4 Å². The zero-order chi connectivity index (χ0) is 19.4. The quantitative estimate of drug-likeness (QED) is 0.688. The molecular weight excluding hydrogens is 398 g/mol. The fraction of sp³-hybridized carbons (Fsp3) is 0.714. The number of hydrogen-bond acceptors (Lipinski definition) is 4. The highest BCUT2D eigenvalue weighted by molar-refractivity contribution is 7.89. The van der Waals surface area contributed by atoms with Crippen LogP contribution in [0.5, 0.6) is 5.75 Å². The van der Waals surface area contributed by atoms with E-state index in [0.29, 0.717) is 35.8 Å². The Morgan fingerprint density at radius 2 is 1.93 bits per heavy atom. The molecule has 154 valence electrons. The van der Waals surface area contributed by atoms with Gasteiger partial charge in [-0.1, -0.05) is 18.0 Å². The third kappa shape index (κ3) is 3.26. The molecule has 4 aliphatic rings. The summed E-state index contributed by atoms with van der Waals surface area (Å²) in [4.78, 5) is 0.229. The lowest BCUT2D eigenvalue weighted by molar-refractivity contribution is -0.101. The van der Waals surface area contributed by atoms with Gasteiger partial charge in [-0.2, -0.15) is 4.31 Å². The topological polar surface area (TPSA) is 55.8 Å². The summed E-state index contributed by atoms with van der Waals surface area (Å²) in [5.74, 6) is 1.47. The molecule has 0 amide bonds. The zero-order valence-corrected chi connectivity index (χ0v) is 17.7. The molecule has 2 saturated carbocycles. The molecule has 1 atom stereocenters. The van der Waals surface area contributed by atoms with Gasteiger partial charge in [0.1, 0.15) is 10.6 Å². The molecule has 0 radical (unpaired) electrons. The molecule has 1 aromatic rings. The fourth-order valence-corrected chi connectivity index (χ4v) is 7.37. The molecule has 0 aromatic heterocycles. The molecule has 7 heteroatoms. The maximum absolute atomic E-state index is 13.6. The van der Waals surface area contributed by atoms with Gasteiger partial charge in [-0.05, 0) is 68.6 Å². The van der Waals surface area contributed by atoms with Gasteiger partial charge >= 0.3 is 0 Å². The molecule has 2 saturated heterocycles. The van der Waals surface area contributed by atoms with Crippen LogP contribution in [0.25, 0.3) is 0 Å². The van der Waals surface area contributed by atoms with Crippen molar-refractivity contribution in [3.63, 3.8) is 0 Å².